The Labute approximate surface area is 123 Å². The molecule has 1 unspecified atom stereocenters. The van der Waals surface area contributed by atoms with Crippen LogP contribution in [0, 0.1) is 0 Å². The van der Waals surface area contributed by atoms with Gasteiger partial charge in [-0.1, -0.05) is 0 Å². The van der Waals surface area contributed by atoms with Crippen LogP contribution in [-0.2, 0) is 0 Å². The summed E-state index contributed by atoms with van der Waals surface area (Å²) < 4.78 is 1.71. The molecule has 3 heterocycles. The van der Waals surface area contributed by atoms with E-state index >= 15 is 0 Å². The third kappa shape index (κ3) is 2.40. The first-order valence-corrected chi connectivity index (χ1v) is 7.64. The molecule has 1 aliphatic heterocycles. The van der Waals surface area contributed by atoms with Gasteiger partial charge in [0, 0.05) is 31.0 Å². The number of carbonyl (C=O) groups is 1. The average molecular weight is 285 g/mol. The number of amides is 1. The summed E-state index contributed by atoms with van der Waals surface area (Å²) in [4.78, 5) is 19.0. The second-order valence-electron chi connectivity index (χ2n) is 5.95. The minimum Gasteiger partial charge on any atom is -0.334 e. The van der Waals surface area contributed by atoms with Gasteiger partial charge in [-0.25, -0.2) is 4.52 Å². The monoisotopic (exact) mass is 285 g/mol. The van der Waals surface area contributed by atoms with E-state index in [9.17, 15) is 4.79 Å². The van der Waals surface area contributed by atoms with Gasteiger partial charge >= 0.3 is 0 Å². The van der Waals surface area contributed by atoms with Gasteiger partial charge in [-0.3, -0.25) is 9.78 Å². The van der Waals surface area contributed by atoms with Gasteiger partial charge in [-0.05, 0) is 32.2 Å². The van der Waals surface area contributed by atoms with Crippen molar-refractivity contribution in [3.8, 4) is 0 Å². The lowest BCUT2D eigenvalue weighted by atomic mass is 10.2. The van der Waals surface area contributed by atoms with E-state index in [1.807, 2.05) is 4.90 Å². The normalized spacial score (nSPS) is 21.8. The Balaban J connectivity index is 1.61. The van der Waals surface area contributed by atoms with Gasteiger partial charge < -0.3 is 10.2 Å². The molecule has 1 N–H and O–H groups in total. The van der Waals surface area contributed by atoms with Crippen molar-refractivity contribution < 1.29 is 4.79 Å². The van der Waals surface area contributed by atoms with Crippen LogP contribution in [0.1, 0.15) is 36.0 Å². The van der Waals surface area contributed by atoms with Crippen LogP contribution < -0.4 is 5.32 Å². The van der Waals surface area contributed by atoms with E-state index < -0.39 is 0 Å². The SMILES string of the molecule is O=C(c1cnn2ccncc12)N(CC1CCCN1)C1CC1. The second-order valence-corrected chi connectivity index (χ2v) is 5.95. The summed E-state index contributed by atoms with van der Waals surface area (Å²) in [7, 11) is 0. The highest BCUT2D eigenvalue weighted by molar-refractivity contribution is 6.00. The first-order chi connectivity index (χ1) is 10.3. The summed E-state index contributed by atoms with van der Waals surface area (Å²) in [6.07, 6.45) is 11.4. The molecule has 1 atom stereocenters. The van der Waals surface area contributed by atoms with Gasteiger partial charge in [-0.15, -0.1) is 0 Å². The van der Waals surface area contributed by atoms with E-state index in [-0.39, 0.29) is 5.91 Å². The Morgan fingerprint density at radius 3 is 3.05 bits per heavy atom. The molecule has 1 amide bonds. The number of rotatable bonds is 4. The Hall–Kier alpha value is -1.95. The summed E-state index contributed by atoms with van der Waals surface area (Å²) >= 11 is 0. The van der Waals surface area contributed by atoms with E-state index in [4.69, 9.17) is 0 Å². The van der Waals surface area contributed by atoms with E-state index in [0.29, 0.717) is 17.6 Å². The molecule has 0 radical (unpaired) electrons. The van der Waals surface area contributed by atoms with Gasteiger partial charge in [0.15, 0.2) is 0 Å². The van der Waals surface area contributed by atoms with Crippen molar-refractivity contribution in [3.63, 3.8) is 0 Å². The molecule has 6 heteroatoms. The number of nitrogens with zero attached hydrogens (tertiary/aromatic N) is 4. The average Bonchev–Trinajstić information content (AvgIpc) is 3.05. The molecule has 110 valence electrons. The van der Waals surface area contributed by atoms with Gasteiger partial charge in [0.25, 0.3) is 5.91 Å². The number of carbonyl (C=O) groups excluding carboxylic acids is 1. The summed E-state index contributed by atoms with van der Waals surface area (Å²) in [5.41, 5.74) is 1.44. The van der Waals surface area contributed by atoms with Gasteiger partial charge in [0.2, 0.25) is 0 Å². The van der Waals surface area contributed by atoms with Crippen molar-refractivity contribution in [2.75, 3.05) is 13.1 Å². The lowest BCUT2D eigenvalue weighted by Crippen LogP contribution is -2.42. The standard InChI is InChI=1S/C15H19N5O/c21-15(13-8-18-20-7-6-16-9-14(13)20)19(12-3-4-12)10-11-2-1-5-17-11/h6-9,11-12,17H,1-5,10H2. The summed E-state index contributed by atoms with van der Waals surface area (Å²) in [6, 6.07) is 0.848. The highest BCUT2D eigenvalue weighted by Gasteiger charge is 2.35. The summed E-state index contributed by atoms with van der Waals surface area (Å²) in [5.74, 6) is 0.0919. The third-order valence-electron chi connectivity index (χ3n) is 4.38. The number of hydrogen-bond donors (Lipinski definition) is 1. The second kappa shape index (κ2) is 5.11. The van der Waals surface area contributed by atoms with Crippen LogP contribution in [0.5, 0.6) is 0 Å². The Kier molecular flexibility index (Phi) is 3.11. The highest BCUT2D eigenvalue weighted by Crippen LogP contribution is 2.29. The van der Waals surface area contributed by atoms with Crippen molar-refractivity contribution in [3.05, 3.63) is 30.4 Å². The molecular formula is C15H19N5O. The summed E-state index contributed by atoms with van der Waals surface area (Å²) in [6.45, 7) is 1.87. The zero-order chi connectivity index (χ0) is 14.2. The lowest BCUT2D eigenvalue weighted by molar-refractivity contribution is 0.0730. The van der Waals surface area contributed by atoms with E-state index in [1.54, 1.807) is 29.3 Å². The third-order valence-corrected chi connectivity index (χ3v) is 4.38. The van der Waals surface area contributed by atoms with Crippen LogP contribution >= 0.6 is 0 Å². The number of hydrogen-bond acceptors (Lipinski definition) is 4. The zero-order valence-corrected chi connectivity index (χ0v) is 11.9. The fourth-order valence-corrected chi connectivity index (χ4v) is 3.09. The molecule has 6 nitrogen and oxygen atoms in total. The predicted octanol–water partition coefficient (Wildman–Crippen LogP) is 1.09. The largest absolute Gasteiger partial charge is 0.334 e. The molecule has 1 saturated carbocycles. The van der Waals surface area contributed by atoms with Crippen LogP contribution in [-0.4, -0.2) is 50.6 Å². The van der Waals surface area contributed by atoms with Crippen LogP contribution in [0.2, 0.25) is 0 Å². The molecule has 2 aromatic heterocycles. The molecule has 2 aromatic rings. The molecular weight excluding hydrogens is 266 g/mol. The molecule has 4 rings (SSSR count). The lowest BCUT2D eigenvalue weighted by Gasteiger charge is -2.25. The number of fused-ring (bicyclic) bond motifs is 1. The number of aromatic nitrogens is 3. The molecule has 2 aliphatic rings. The van der Waals surface area contributed by atoms with Crippen LogP contribution in [0.3, 0.4) is 0 Å². The first kappa shape index (κ1) is 12.8. The maximum Gasteiger partial charge on any atom is 0.258 e. The topological polar surface area (TPSA) is 62.5 Å². The minimum atomic E-state index is 0.0919. The summed E-state index contributed by atoms with van der Waals surface area (Å²) in [5, 5.41) is 7.73. The minimum absolute atomic E-state index is 0.0919. The van der Waals surface area contributed by atoms with Crippen molar-refractivity contribution in [1.29, 1.82) is 0 Å². The van der Waals surface area contributed by atoms with Crippen molar-refractivity contribution >= 4 is 11.4 Å². The quantitative estimate of drug-likeness (QED) is 0.913. The van der Waals surface area contributed by atoms with Crippen LogP contribution in [0.4, 0.5) is 0 Å². The van der Waals surface area contributed by atoms with E-state index in [0.717, 1.165) is 37.9 Å². The molecule has 0 aromatic carbocycles. The first-order valence-electron chi connectivity index (χ1n) is 7.64. The van der Waals surface area contributed by atoms with Crippen LogP contribution in [0.25, 0.3) is 5.52 Å². The molecule has 21 heavy (non-hydrogen) atoms. The van der Waals surface area contributed by atoms with Crippen molar-refractivity contribution in [2.24, 2.45) is 0 Å². The van der Waals surface area contributed by atoms with Gasteiger partial charge in [0.05, 0.1) is 23.5 Å². The molecule has 2 fully saturated rings. The zero-order valence-electron chi connectivity index (χ0n) is 11.9. The van der Waals surface area contributed by atoms with E-state index in [2.05, 4.69) is 15.4 Å². The van der Waals surface area contributed by atoms with E-state index in [1.165, 1.54) is 6.42 Å². The molecule has 0 bridgehead atoms. The van der Waals surface area contributed by atoms with Gasteiger partial charge in [0.1, 0.15) is 0 Å². The van der Waals surface area contributed by atoms with Gasteiger partial charge in [-0.2, -0.15) is 5.10 Å². The van der Waals surface area contributed by atoms with Crippen molar-refractivity contribution in [1.82, 2.24) is 24.8 Å². The van der Waals surface area contributed by atoms with Crippen molar-refractivity contribution in [2.45, 2.75) is 37.8 Å². The Bertz CT molecular complexity index is 657. The van der Waals surface area contributed by atoms with Crippen LogP contribution in [0.15, 0.2) is 24.8 Å². The fraction of sp³-hybridized carbons (Fsp3) is 0.533. The Morgan fingerprint density at radius 1 is 1.38 bits per heavy atom. The predicted molar refractivity (Wildman–Crippen MR) is 78.1 cm³/mol. The molecule has 1 saturated heterocycles. The highest BCUT2D eigenvalue weighted by atomic mass is 16.2. The molecule has 1 aliphatic carbocycles. The Morgan fingerprint density at radius 2 is 2.29 bits per heavy atom. The molecule has 0 spiro atoms. The maximum absolute atomic E-state index is 12.9. The smallest absolute Gasteiger partial charge is 0.258 e. The maximum atomic E-state index is 12.9. The fourth-order valence-electron chi connectivity index (χ4n) is 3.09. The number of nitrogens with one attached hydrogen (secondary N) is 1.